The monoisotopic (exact) mass is 252 g/mol. The number of hydrogen-bond donors (Lipinski definition) is 1. The fourth-order valence-corrected chi connectivity index (χ4v) is 2.86. The highest BCUT2D eigenvalue weighted by Gasteiger charge is 2.17. The van der Waals surface area contributed by atoms with E-state index in [2.05, 4.69) is 21.7 Å². The third-order valence-electron chi connectivity index (χ3n) is 3.30. The Morgan fingerprint density at radius 1 is 1.47 bits per heavy atom. The largest absolute Gasteiger partial charge is 0.328 e. The smallest absolute Gasteiger partial charge is 0.147 e. The predicted molar refractivity (Wildman–Crippen MR) is 71.3 cm³/mol. The van der Waals surface area contributed by atoms with Crippen molar-refractivity contribution in [2.45, 2.75) is 31.7 Å². The van der Waals surface area contributed by atoms with Crippen LogP contribution in [0.3, 0.4) is 0 Å². The van der Waals surface area contributed by atoms with Gasteiger partial charge in [0, 0.05) is 25.6 Å². The van der Waals surface area contributed by atoms with E-state index >= 15 is 0 Å². The molecule has 4 heteroatoms. The minimum Gasteiger partial charge on any atom is -0.328 e. The van der Waals surface area contributed by atoms with E-state index in [4.69, 9.17) is 5.73 Å². The zero-order chi connectivity index (χ0) is 12.1. The van der Waals surface area contributed by atoms with Crippen LogP contribution in [0.5, 0.6) is 0 Å². The van der Waals surface area contributed by atoms with E-state index in [0.717, 1.165) is 32.4 Å². The van der Waals surface area contributed by atoms with Crippen LogP contribution in [0.4, 0.5) is 0 Å². The van der Waals surface area contributed by atoms with E-state index < -0.39 is 0 Å². The SMILES string of the molecule is NC1CCN(CC(=O)CCc2ccsc2)CC1. The average Bonchev–Trinajstić information content (AvgIpc) is 2.83. The normalized spacial score (nSPS) is 18.4. The fraction of sp³-hybridized carbons (Fsp3) is 0.615. The summed E-state index contributed by atoms with van der Waals surface area (Å²) in [7, 11) is 0. The number of nitrogens with zero attached hydrogens (tertiary/aromatic N) is 1. The second kappa shape index (κ2) is 6.28. The number of piperidine rings is 1. The van der Waals surface area contributed by atoms with Gasteiger partial charge in [0.1, 0.15) is 5.78 Å². The van der Waals surface area contributed by atoms with E-state index in [-0.39, 0.29) is 0 Å². The molecule has 0 radical (unpaired) electrons. The fourth-order valence-electron chi connectivity index (χ4n) is 2.16. The highest BCUT2D eigenvalue weighted by Crippen LogP contribution is 2.11. The molecule has 3 nitrogen and oxygen atoms in total. The van der Waals surface area contributed by atoms with Crippen LogP contribution in [-0.4, -0.2) is 36.4 Å². The van der Waals surface area contributed by atoms with Crippen molar-refractivity contribution in [3.8, 4) is 0 Å². The van der Waals surface area contributed by atoms with Crippen molar-refractivity contribution in [2.24, 2.45) is 5.73 Å². The average molecular weight is 252 g/mol. The predicted octanol–water partition coefficient (Wildman–Crippen LogP) is 1.67. The molecule has 1 aromatic heterocycles. The molecule has 1 saturated heterocycles. The summed E-state index contributed by atoms with van der Waals surface area (Å²) in [5, 5.41) is 4.18. The Morgan fingerprint density at radius 3 is 2.88 bits per heavy atom. The zero-order valence-corrected chi connectivity index (χ0v) is 10.9. The Morgan fingerprint density at radius 2 is 2.24 bits per heavy atom. The molecule has 0 bridgehead atoms. The van der Waals surface area contributed by atoms with E-state index in [0.29, 0.717) is 24.8 Å². The maximum atomic E-state index is 11.8. The lowest BCUT2D eigenvalue weighted by Gasteiger charge is -2.29. The molecule has 1 aromatic rings. The molecule has 1 fully saturated rings. The molecule has 2 heterocycles. The molecule has 0 aliphatic carbocycles. The Kier molecular flexibility index (Phi) is 4.71. The lowest BCUT2D eigenvalue weighted by molar-refractivity contribution is -0.120. The number of carbonyl (C=O) groups is 1. The molecule has 1 aliphatic heterocycles. The van der Waals surface area contributed by atoms with Gasteiger partial charge in [-0.25, -0.2) is 0 Å². The van der Waals surface area contributed by atoms with Crippen molar-refractivity contribution in [3.63, 3.8) is 0 Å². The summed E-state index contributed by atoms with van der Waals surface area (Å²) in [6, 6.07) is 2.44. The lowest BCUT2D eigenvalue weighted by atomic mass is 10.1. The molecule has 2 N–H and O–H groups in total. The molecular formula is C13H20N2OS. The van der Waals surface area contributed by atoms with Gasteiger partial charge >= 0.3 is 0 Å². The van der Waals surface area contributed by atoms with Crippen LogP contribution in [0, 0.1) is 0 Å². The van der Waals surface area contributed by atoms with Gasteiger partial charge in [0.2, 0.25) is 0 Å². The summed E-state index contributed by atoms with van der Waals surface area (Å²) in [4.78, 5) is 14.1. The van der Waals surface area contributed by atoms with Crippen LogP contribution in [0.1, 0.15) is 24.8 Å². The Labute approximate surface area is 107 Å². The molecule has 0 spiro atoms. The van der Waals surface area contributed by atoms with Crippen LogP contribution < -0.4 is 5.73 Å². The van der Waals surface area contributed by atoms with E-state index in [9.17, 15) is 4.79 Å². The molecule has 17 heavy (non-hydrogen) atoms. The number of nitrogens with two attached hydrogens (primary N) is 1. The van der Waals surface area contributed by atoms with Crippen LogP contribution >= 0.6 is 11.3 Å². The van der Waals surface area contributed by atoms with Crippen molar-refractivity contribution in [2.75, 3.05) is 19.6 Å². The topological polar surface area (TPSA) is 46.3 Å². The van der Waals surface area contributed by atoms with Gasteiger partial charge in [-0.2, -0.15) is 11.3 Å². The highest BCUT2D eigenvalue weighted by molar-refractivity contribution is 7.07. The van der Waals surface area contributed by atoms with Crippen LogP contribution in [0.2, 0.25) is 0 Å². The number of hydrogen-bond acceptors (Lipinski definition) is 4. The summed E-state index contributed by atoms with van der Waals surface area (Å²) in [6.07, 6.45) is 3.60. The Balaban J connectivity index is 1.67. The van der Waals surface area contributed by atoms with Crippen molar-refractivity contribution >= 4 is 17.1 Å². The van der Waals surface area contributed by atoms with Gasteiger partial charge in [0.25, 0.3) is 0 Å². The number of carbonyl (C=O) groups excluding carboxylic acids is 1. The third-order valence-corrected chi connectivity index (χ3v) is 4.04. The number of ketones is 1. The highest BCUT2D eigenvalue weighted by atomic mass is 32.1. The van der Waals surface area contributed by atoms with Crippen molar-refractivity contribution in [1.29, 1.82) is 0 Å². The van der Waals surface area contributed by atoms with Gasteiger partial charge in [-0.3, -0.25) is 9.69 Å². The number of likely N-dealkylation sites (tertiary alicyclic amines) is 1. The Bertz CT molecular complexity index is 342. The summed E-state index contributed by atoms with van der Waals surface area (Å²) < 4.78 is 0. The number of Topliss-reactive ketones (excluding diaryl/α,β-unsaturated/α-hetero) is 1. The first-order chi connectivity index (χ1) is 8.24. The second-order valence-electron chi connectivity index (χ2n) is 4.78. The minimum atomic E-state index is 0.340. The molecule has 0 saturated carbocycles. The summed E-state index contributed by atoms with van der Waals surface area (Å²) >= 11 is 1.69. The standard InChI is InChI=1S/C13H20N2OS/c14-12-3-6-15(7-4-12)9-13(16)2-1-11-5-8-17-10-11/h5,8,10,12H,1-4,6-7,9,14H2. The first-order valence-electron chi connectivity index (χ1n) is 6.25. The quantitative estimate of drug-likeness (QED) is 0.867. The van der Waals surface area contributed by atoms with Gasteiger partial charge in [-0.05, 0) is 41.7 Å². The summed E-state index contributed by atoms with van der Waals surface area (Å²) in [6.45, 7) is 2.56. The lowest BCUT2D eigenvalue weighted by Crippen LogP contribution is -2.41. The number of thiophene rings is 1. The summed E-state index contributed by atoms with van der Waals surface area (Å²) in [5.41, 5.74) is 7.12. The number of rotatable bonds is 5. The van der Waals surface area contributed by atoms with Crippen molar-refractivity contribution < 1.29 is 4.79 Å². The molecule has 0 aromatic carbocycles. The molecule has 0 unspecified atom stereocenters. The first-order valence-corrected chi connectivity index (χ1v) is 7.19. The minimum absolute atomic E-state index is 0.340. The maximum Gasteiger partial charge on any atom is 0.147 e. The van der Waals surface area contributed by atoms with E-state index in [1.807, 2.05) is 0 Å². The van der Waals surface area contributed by atoms with Gasteiger partial charge in [0.05, 0.1) is 6.54 Å². The molecule has 2 rings (SSSR count). The van der Waals surface area contributed by atoms with Gasteiger partial charge in [0.15, 0.2) is 0 Å². The van der Waals surface area contributed by atoms with Gasteiger partial charge in [-0.15, -0.1) is 0 Å². The third kappa shape index (κ3) is 4.22. The Hall–Kier alpha value is -0.710. The van der Waals surface area contributed by atoms with Crippen molar-refractivity contribution in [1.82, 2.24) is 4.90 Å². The molecule has 0 amide bonds. The van der Waals surface area contributed by atoms with E-state index in [1.165, 1.54) is 5.56 Å². The molecule has 0 atom stereocenters. The van der Waals surface area contributed by atoms with Crippen molar-refractivity contribution in [3.05, 3.63) is 22.4 Å². The zero-order valence-electron chi connectivity index (χ0n) is 10.1. The van der Waals surface area contributed by atoms with Crippen LogP contribution in [0.25, 0.3) is 0 Å². The molecule has 94 valence electrons. The maximum absolute atomic E-state index is 11.8. The van der Waals surface area contributed by atoms with Crippen LogP contribution in [0.15, 0.2) is 16.8 Å². The van der Waals surface area contributed by atoms with E-state index in [1.54, 1.807) is 11.3 Å². The van der Waals surface area contributed by atoms with Gasteiger partial charge < -0.3 is 5.73 Å². The molecular weight excluding hydrogens is 232 g/mol. The number of aryl methyl sites for hydroxylation is 1. The second-order valence-corrected chi connectivity index (χ2v) is 5.56. The first kappa shape index (κ1) is 12.7. The van der Waals surface area contributed by atoms with Gasteiger partial charge in [-0.1, -0.05) is 0 Å². The summed E-state index contributed by atoms with van der Waals surface area (Å²) in [5.74, 6) is 0.353. The molecule has 1 aliphatic rings. The van der Waals surface area contributed by atoms with Crippen LogP contribution in [-0.2, 0) is 11.2 Å².